The van der Waals surface area contributed by atoms with Crippen LogP contribution in [0.5, 0.6) is 0 Å². The van der Waals surface area contributed by atoms with E-state index in [4.69, 9.17) is 4.42 Å². The second kappa shape index (κ2) is 5.61. The van der Waals surface area contributed by atoms with E-state index in [1.807, 2.05) is 24.3 Å². The molecular weight excluding hydrogens is 292 g/mol. The minimum Gasteiger partial charge on any atom is -0.419 e. The second-order valence-electron chi connectivity index (χ2n) is 6.09. The van der Waals surface area contributed by atoms with Crippen molar-refractivity contribution in [1.29, 1.82) is 0 Å². The number of rotatable bonds is 2. The van der Waals surface area contributed by atoms with Crippen molar-refractivity contribution in [1.82, 2.24) is 19.7 Å². The molecule has 4 rings (SSSR count). The van der Waals surface area contributed by atoms with Crippen molar-refractivity contribution in [3.05, 3.63) is 40.5 Å². The number of benzene rings is 1. The normalized spacial score (nSPS) is 16.0. The van der Waals surface area contributed by atoms with Crippen LogP contribution >= 0.6 is 0 Å². The van der Waals surface area contributed by atoms with Crippen molar-refractivity contribution in [2.45, 2.75) is 38.0 Å². The van der Waals surface area contributed by atoms with Crippen molar-refractivity contribution in [2.24, 2.45) is 7.05 Å². The van der Waals surface area contributed by atoms with Crippen molar-refractivity contribution < 1.29 is 4.42 Å². The topological polar surface area (TPSA) is 73.8 Å². The van der Waals surface area contributed by atoms with Gasteiger partial charge in [0.2, 0.25) is 5.89 Å². The van der Waals surface area contributed by atoms with E-state index in [1.54, 1.807) is 11.6 Å². The first-order chi connectivity index (χ1) is 11.2. The van der Waals surface area contributed by atoms with E-state index in [0.717, 1.165) is 23.9 Å². The summed E-state index contributed by atoms with van der Waals surface area (Å²) in [5.74, 6) is 1.17. The molecule has 1 fully saturated rings. The number of hydrogen-bond acceptors (Lipinski definition) is 5. The van der Waals surface area contributed by atoms with Crippen molar-refractivity contribution >= 4 is 11.0 Å². The van der Waals surface area contributed by atoms with Crippen molar-refractivity contribution in [3.8, 4) is 11.6 Å². The van der Waals surface area contributed by atoms with E-state index in [0.29, 0.717) is 11.8 Å². The largest absolute Gasteiger partial charge is 0.419 e. The summed E-state index contributed by atoms with van der Waals surface area (Å²) in [6.45, 7) is 0. The quantitative estimate of drug-likeness (QED) is 0.727. The van der Waals surface area contributed by atoms with E-state index in [2.05, 4.69) is 15.2 Å². The number of aryl methyl sites for hydroxylation is 1. The maximum atomic E-state index is 12.5. The van der Waals surface area contributed by atoms with Gasteiger partial charge in [0.05, 0.1) is 11.0 Å². The molecule has 1 aliphatic rings. The number of hydrogen-bond donors (Lipinski definition) is 0. The first-order valence-electron chi connectivity index (χ1n) is 8.03. The summed E-state index contributed by atoms with van der Waals surface area (Å²) < 4.78 is 7.37. The molecule has 0 saturated heterocycles. The minimum atomic E-state index is -0.220. The lowest BCUT2D eigenvalue weighted by molar-refractivity contribution is 0.366. The summed E-state index contributed by atoms with van der Waals surface area (Å²) >= 11 is 0. The van der Waals surface area contributed by atoms with E-state index in [-0.39, 0.29) is 17.1 Å². The molecule has 2 heterocycles. The zero-order valence-corrected chi connectivity index (χ0v) is 13.0. The first kappa shape index (κ1) is 14.1. The number of para-hydroxylation sites is 2. The van der Waals surface area contributed by atoms with E-state index < -0.39 is 0 Å². The fourth-order valence-electron chi connectivity index (χ4n) is 3.26. The van der Waals surface area contributed by atoms with Gasteiger partial charge in [0, 0.05) is 13.0 Å². The molecule has 0 N–H and O–H groups in total. The predicted octanol–water partition coefficient (Wildman–Crippen LogP) is 3.03. The fraction of sp³-hybridized carbons (Fsp3) is 0.412. The molecule has 0 spiro atoms. The van der Waals surface area contributed by atoms with Crippen LogP contribution in [-0.2, 0) is 7.05 Å². The molecule has 6 nitrogen and oxygen atoms in total. The average Bonchev–Trinajstić information content (AvgIpc) is 3.09. The molecule has 6 heteroatoms. The van der Waals surface area contributed by atoms with Gasteiger partial charge in [-0.05, 0) is 25.0 Å². The van der Waals surface area contributed by atoms with Gasteiger partial charge in [0.25, 0.3) is 11.4 Å². The maximum Gasteiger partial charge on any atom is 0.282 e. The van der Waals surface area contributed by atoms with E-state index in [1.165, 1.54) is 19.3 Å². The van der Waals surface area contributed by atoms with Gasteiger partial charge in [0.1, 0.15) is 0 Å². The Bertz CT molecular complexity index is 906. The van der Waals surface area contributed by atoms with Crippen LogP contribution in [0.15, 0.2) is 33.5 Å². The summed E-state index contributed by atoms with van der Waals surface area (Å²) in [6, 6.07) is 7.52. The number of nitrogens with zero attached hydrogens (tertiary/aromatic N) is 4. The van der Waals surface area contributed by atoms with Gasteiger partial charge in [-0.3, -0.25) is 4.79 Å². The summed E-state index contributed by atoms with van der Waals surface area (Å²) in [6.07, 6.45) is 5.80. The third kappa shape index (κ3) is 2.44. The molecular formula is C17H18N4O2. The van der Waals surface area contributed by atoms with Crippen LogP contribution < -0.4 is 5.56 Å². The Kier molecular flexibility index (Phi) is 3.44. The van der Waals surface area contributed by atoms with Crippen molar-refractivity contribution in [2.75, 3.05) is 0 Å². The molecule has 0 atom stereocenters. The Morgan fingerprint density at radius 3 is 2.74 bits per heavy atom. The Morgan fingerprint density at radius 2 is 1.91 bits per heavy atom. The molecule has 0 amide bonds. The first-order valence-corrected chi connectivity index (χ1v) is 8.03. The highest BCUT2D eigenvalue weighted by atomic mass is 16.4. The van der Waals surface area contributed by atoms with Gasteiger partial charge in [-0.1, -0.05) is 31.4 Å². The van der Waals surface area contributed by atoms with Crippen molar-refractivity contribution in [3.63, 3.8) is 0 Å². The lowest BCUT2D eigenvalue weighted by Gasteiger charge is -2.17. The molecule has 118 valence electrons. The van der Waals surface area contributed by atoms with Gasteiger partial charge >= 0.3 is 0 Å². The van der Waals surface area contributed by atoms with Gasteiger partial charge < -0.3 is 8.98 Å². The monoisotopic (exact) mass is 310 g/mol. The Morgan fingerprint density at radius 1 is 1.13 bits per heavy atom. The van der Waals surface area contributed by atoms with E-state index in [9.17, 15) is 4.79 Å². The van der Waals surface area contributed by atoms with Crippen LogP contribution in [0.25, 0.3) is 22.6 Å². The lowest BCUT2D eigenvalue weighted by atomic mass is 9.89. The molecule has 1 aromatic carbocycles. The van der Waals surface area contributed by atoms with Gasteiger partial charge in [-0.2, -0.15) is 0 Å². The number of aromatic nitrogens is 4. The second-order valence-corrected chi connectivity index (χ2v) is 6.09. The molecule has 0 unspecified atom stereocenters. The zero-order valence-electron chi connectivity index (χ0n) is 13.0. The zero-order chi connectivity index (χ0) is 15.8. The van der Waals surface area contributed by atoms with E-state index >= 15 is 0 Å². The highest BCUT2D eigenvalue weighted by Gasteiger charge is 2.23. The molecule has 0 radical (unpaired) electrons. The third-order valence-corrected chi connectivity index (χ3v) is 4.58. The lowest BCUT2D eigenvalue weighted by Crippen LogP contribution is -2.20. The van der Waals surface area contributed by atoms with Gasteiger partial charge in [-0.25, -0.2) is 4.98 Å². The summed E-state index contributed by atoms with van der Waals surface area (Å²) in [4.78, 5) is 17.0. The molecule has 3 aromatic rings. The van der Waals surface area contributed by atoms with Crippen LogP contribution in [0.4, 0.5) is 0 Å². The summed E-state index contributed by atoms with van der Waals surface area (Å²) in [5, 5.41) is 8.24. The summed E-state index contributed by atoms with van der Waals surface area (Å²) in [7, 11) is 1.73. The molecule has 1 saturated carbocycles. The smallest absolute Gasteiger partial charge is 0.282 e. The molecule has 2 aromatic heterocycles. The molecule has 0 bridgehead atoms. The highest BCUT2D eigenvalue weighted by Crippen LogP contribution is 2.32. The minimum absolute atomic E-state index is 0.219. The average molecular weight is 310 g/mol. The third-order valence-electron chi connectivity index (χ3n) is 4.58. The predicted molar refractivity (Wildman–Crippen MR) is 86.1 cm³/mol. The van der Waals surface area contributed by atoms with Crippen LogP contribution in [0.3, 0.4) is 0 Å². The van der Waals surface area contributed by atoms with Gasteiger partial charge in [0.15, 0.2) is 5.69 Å². The standard InChI is InChI=1S/C17H18N4O2/c1-21-13-10-6-5-9-12(13)18-14(17(21)22)16-20-19-15(23-16)11-7-3-2-4-8-11/h5-6,9-11H,2-4,7-8H2,1H3. The van der Waals surface area contributed by atoms with Crippen LogP contribution in [0, 0.1) is 0 Å². The highest BCUT2D eigenvalue weighted by molar-refractivity contribution is 5.76. The molecule has 0 aliphatic heterocycles. The maximum absolute atomic E-state index is 12.5. The van der Waals surface area contributed by atoms with Gasteiger partial charge in [-0.15, -0.1) is 10.2 Å². The van der Waals surface area contributed by atoms with Crippen LogP contribution in [-0.4, -0.2) is 19.7 Å². The summed E-state index contributed by atoms with van der Waals surface area (Å²) in [5.41, 5.74) is 1.53. The fourth-order valence-corrected chi connectivity index (χ4v) is 3.26. The van der Waals surface area contributed by atoms with Crippen LogP contribution in [0.2, 0.25) is 0 Å². The van der Waals surface area contributed by atoms with Crippen LogP contribution in [0.1, 0.15) is 43.9 Å². The number of fused-ring (bicyclic) bond motifs is 1. The molecule has 23 heavy (non-hydrogen) atoms. The Labute approximate surface area is 133 Å². The Balaban J connectivity index is 1.79. The SMILES string of the molecule is Cn1c(=O)c(-c2nnc(C3CCCCC3)o2)nc2ccccc21. The molecule has 1 aliphatic carbocycles. The Hall–Kier alpha value is -2.50.